The van der Waals surface area contributed by atoms with Crippen LogP contribution in [0.5, 0.6) is 0 Å². The van der Waals surface area contributed by atoms with E-state index in [-0.39, 0.29) is 0 Å². The Morgan fingerprint density at radius 3 is 2.93 bits per heavy atom. The second kappa shape index (κ2) is 6.98. The van der Waals surface area contributed by atoms with E-state index < -0.39 is 0 Å². The number of thiophene rings is 1. The molecule has 0 amide bonds. The summed E-state index contributed by atoms with van der Waals surface area (Å²) in [6, 6.07) is 3.94. The number of thiazole rings is 1. The molecule has 0 radical (unpaired) electrons. The molecule has 0 atom stereocenters. The number of rotatable bonds is 4. The van der Waals surface area contributed by atoms with Crippen molar-refractivity contribution in [1.29, 1.82) is 0 Å². The zero-order valence-corrected chi connectivity index (χ0v) is 16.7. The van der Waals surface area contributed by atoms with Crippen LogP contribution in [0.3, 0.4) is 0 Å². The van der Waals surface area contributed by atoms with Gasteiger partial charge in [0.1, 0.15) is 10.6 Å². The Bertz CT molecular complexity index is 1100. The van der Waals surface area contributed by atoms with E-state index in [2.05, 4.69) is 22.2 Å². The largest absolute Gasteiger partial charge is 0.364 e. The third-order valence-electron chi connectivity index (χ3n) is 5.00. The molecule has 4 aromatic heterocycles. The summed E-state index contributed by atoms with van der Waals surface area (Å²) in [5.74, 6) is 1.67. The zero-order chi connectivity index (χ0) is 18.2. The number of nitrogens with one attached hydrogen (secondary N) is 1. The van der Waals surface area contributed by atoms with Crippen molar-refractivity contribution in [2.45, 2.75) is 39.2 Å². The highest BCUT2D eigenvalue weighted by molar-refractivity contribution is 7.19. The Labute approximate surface area is 165 Å². The summed E-state index contributed by atoms with van der Waals surface area (Å²) in [5.41, 5.74) is 5.37. The monoisotopic (exact) mass is 393 g/mol. The first-order valence-corrected chi connectivity index (χ1v) is 10.8. The molecule has 0 aromatic carbocycles. The van der Waals surface area contributed by atoms with Gasteiger partial charge in [-0.2, -0.15) is 0 Å². The van der Waals surface area contributed by atoms with Gasteiger partial charge in [0, 0.05) is 27.7 Å². The van der Waals surface area contributed by atoms with Gasteiger partial charge in [-0.15, -0.1) is 22.7 Å². The lowest BCUT2D eigenvalue weighted by atomic mass is 9.97. The van der Waals surface area contributed by atoms with Crippen LogP contribution in [-0.4, -0.2) is 19.9 Å². The van der Waals surface area contributed by atoms with E-state index in [9.17, 15) is 0 Å². The van der Waals surface area contributed by atoms with E-state index in [0.717, 1.165) is 47.1 Å². The Hall–Kier alpha value is -2.38. The minimum Gasteiger partial charge on any atom is -0.364 e. The SMILES string of the molecule is Cc1ncsc1CNc1nc(-c2cccnc2)nc2sc3c(c12)CCCC3. The fourth-order valence-corrected chi connectivity index (χ4v) is 5.55. The van der Waals surface area contributed by atoms with Gasteiger partial charge in [0.25, 0.3) is 0 Å². The topological polar surface area (TPSA) is 63.6 Å². The average molecular weight is 394 g/mol. The van der Waals surface area contributed by atoms with Gasteiger partial charge in [-0.3, -0.25) is 4.98 Å². The fraction of sp³-hybridized carbons (Fsp3) is 0.300. The number of nitrogens with zero attached hydrogens (tertiary/aromatic N) is 4. The van der Waals surface area contributed by atoms with E-state index in [1.54, 1.807) is 17.5 Å². The number of hydrogen-bond acceptors (Lipinski definition) is 7. The van der Waals surface area contributed by atoms with E-state index in [1.165, 1.54) is 33.5 Å². The van der Waals surface area contributed by atoms with Crippen molar-refractivity contribution in [1.82, 2.24) is 19.9 Å². The molecular formula is C20H19N5S2. The minimum absolute atomic E-state index is 0.734. The molecule has 4 aromatic rings. The van der Waals surface area contributed by atoms with E-state index in [0.29, 0.717) is 0 Å². The molecule has 1 aliphatic rings. The fourth-order valence-electron chi connectivity index (χ4n) is 3.57. The second-order valence-electron chi connectivity index (χ2n) is 6.74. The van der Waals surface area contributed by atoms with Gasteiger partial charge < -0.3 is 5.32 Å². The summed E-state index contributed by atoms with van der Waals surface area (Å²) in [6.45, 7) is 2.79. The van der Waals surface area contributed by atoms with E-state index in [1.807, 2.05) is 35.2 Å². The molecule has 0 fully saturated rings. The van der Waals surface area contributed by atoms with Crippen LogP contribution in [0.15, 0.2) is 30.0 Å². The number of fused-ring (bicyclic) bond motifs is 3. The summed E-state index contributed by atoms with van der Waals surface area (Å²) in [6.07, 6.45) is 8.40. The summed E-state index contributed by atoms with van der Waals surface area (Å²) in [4.78, 5) is 22.2. The molecule has 0 aliphatic heterocycles. The standard InChI is InChI=1S/C20H19N5S2/c1-12-16(26-11-23-12)10-22-19-17-14-6-2-3-7-15(14)27-20(17)25-18(24-19)13-5-4-8-21-9-13/h4-5,8-9,11H,2-3,6-7,10H2,1H3,(H,22,24,25). The predicted octanol–water partition coefficient (Wildman–Crippen LogP) is 5.01. The molecule has 0 spiro atoms. The third kappa shape index (κ3) is 3.11. The van der Waals surface area contributed by atoms with Crippen LogP contribution >= 0.6 is 22.7 Å². The van der Waals surface area contributed by atoms with Gasteiger partial charge in [-0.25, -0.2) is 15.0 Å². The van der Waals surface area contributed by atoms with Crippen LogP contribution in [-0.2, 0) is 19.4 Å². The van der Waals surface area contributed by atoms with Gasteiger partial charge in [0.15, 0.2) is 5.82 Å². The van der Waals surface area contributed by atoms with Crippen molar-refractivity contribution >= 4 is 38.7 Å². The maximum absolute atomic E-state index is 4.91. The van der Waals surface area contributed by atoms with Gasteiger partial charge in [-0.05, 0) is 50.3 Å². The average Bonchev–Trinajstić information content (AvgIpc) is 3.29. The molecule has 136 valence electrons. The molecule has 0 bridgehead atoms. The maximum Gasteiger partial charge on any atom is 0.164 e. The van der Waals surface area contributed by atoms with Gasteiger partial charge >= 0.3 is 0 Å². The van der Waals surface area contributed by atoms with Crippen LogP contribution in [0.25, 0.3) is 21.6 Å². The second-order valence-corrected chi connectivity index (χ2v) is 8.77. The van der Waals surface area contributed by atoms with Crippen LogP contribution in [0.4, 0.5) is 5.82 Å². The highest BCUT2D eigenvalue weighted by Gasteiger charge is 2.21. The molecule has 5 nitrogen and oxygen atoms in total. The smallest absolute Gasteiger partial charge is 0.164 e. The van der Waals surface area contributed by atoms with Crippen LogP contribution in [0.1, 0.15) is 33.9 Å². The molecule has 0 saturated heterocycles. The summed E-state index contributed by atoms with van der Waals surface area (Å²) in [5, 5.41) is 4.80. The summed E-state index contributed by atoms with van der Waals surface area (Å²) >= 11 is 3.51. The van der Waals surface area contributed by atoms with Crippen molar-refractivity contribution in [2.75, 3.05) is 5.32 Å². The van der Waals surface area contributed by atoms with Crippen molar-refractivity contribution in [2.24, 2.45) is 0 Å². The minimum atomic E-state index is 0.734. The molecule has 0 saturated carbocycles. The highest BCUT2D eigenvalue weighted by atomic mass is 32.1. The lowest BCUT2D eigenvalue weighted by molar-refractivity contribution is 0.700. The quantitative estimate of drug-likeness (QED) is 0.528. The molecule has 7 heteroatoms. The van der Waals surface area contributed by atoms with E-state index in [4.69, 9.17) is 9.97 Å². The predicted molar refractivity (Wildman–Crippen MR) is 111 cm³/mol. The molecule has 27 heavy (non-hydrogen) atoms. The van der Waals surface area contributed by atoms with Crippen molar-refractivity contribution in [3.63, 3.8) is 0 Å². The van der Waals surface area contributed by atoms with Crippen molar-refractivity contribution in [3.8, 4) is 11.4 Å². The Morgan fingerprint density at radius 1 is 1.19 bits per heavy atom. The molecule has 0 unspecified atom stereocenters. The van der Waals surface area contributed by atoms with Gasteiger partial charge in [0.05, 0.1) is 23.1 Å². The first-order chi connectivity index (χ1) is 13.3. The van der Waals surface area contributed by atoms with Gasteiger partial charge in [0.2, 0.25) is 0 Å². The summed E-state index contributed by atoms with van der Waals surface area (Å²) in [7, 11) is 0. The third-order valence-corrected chi connectivity index (χ3v) is 7.12. The number of hydrogen-bond donors (Lipinski definition) is 1. The molecule has 5 rings (SSSR count). The number of aromatic nitrogens is 4. The number of pyridine rings is 1. The van der Waals surface area contributed by atoms with Crippen molar-refractivity contribution < 1.29 is 0 Å². The highest BCUT2D eigenvalue weighted by Crippen LogP contribution is 2.39. The Morgan fingerprint density at radius 2 is 2.11 bits per heavy atom. The molecular weight excluding hydrogens is 374 g/mol. The summed E-state index contributed by atoms with van der Waals surface area (Å²) < 4.78 is 0. The van der Waals surface area contributed by atoms with Crippen LogP contribution in [0, 0.1) is 6.92 Å². The Balaban J connectivity index is 1.63. The van der Waals surface area contributed by atoms with E-state index >= 15 is 0 Å². The Kier molecular flexibility index (Phi) is 4.33. The van der Waals surface area contributed by atoms with Gasteiger partial charge in [-0.1, -0.05) is 0 Å². The first kappa shape index (κ1) is 16.8. The van der Waals surface area contributed by atoms with Crippen molar-refractivity contribution in [3.05, 3.63) is 51.0 Å². The molecule has 1 N–H and O–H groups in total. The number of aryl methyl sites for hydroxylation is 3. The molecule has 4 heterocycles. The lowest BCUT2D eigenvalue weighted by Gasteiger charge is -2.13. The maximum atomic E-state index is 4.91. The molecule has 1 aliphatic carbocycles. The zero-order valence-electron chi connectivity index (χ0n) is 15.0. The first-order valence-electron chi connectivity index (χ1n) is 9.15. The van der Waals surface area contributed by atoms with Crippen LogP contribution in [0.2, 0.25) is 0 Å². The normalized spacial score (nSPS) is 13.7. The lowest BCUT2D eigenvalue weighted by Crippen LogP contribution is -2.05. The number of anilines is 1. The van der Waals surface area contributed by atoms with Crippen LogP contribution < -0.4 is 5.32 Å².